The molecule has 0 radical (unpaired) electrons. The first-order valence-electron chi connectivity index (χ1n) is 7.48. The molecule has 2 aliphatic rings. The normalized spacial score (nSPS) is 21.8. The number of carbonyl (C=O) groups is 2. The minimum Gasteiger partial charge on any atom is -0.274 e. The molecule has 2 fully saturated rings. The summed E-state index contributed by atoms with van der Waals surface area (Å²) in [5.41, 5.74) is 2.53. The number of nitrogens with zero attached hydrogens (tertiary/aromatic N) is 1. The molecule has 0 N–H and O–H groups in total. The molecular weight excluding hydrogens is 250 g/mol. The summed E-state index contributed by atoms with van der Waals surface area (Å²) in [6.45, 7) is 3.99. The monoisotopic (exact) mass is 271 g/mol. The fourth-order valence-corrected chi connectivity index (χ4v) is 3.71. The summed E-state index contributed by atoms with van der Waals surface area (Å²) < 4.78 is 0. The van der Waals surface area contributed by atoms with Gasteiger partial charge in [0.05, 0.1) is 11.1 Å². The van der Waals surface area contributed by atoms with Crippen LogP contribution in [0.2, 0.25) is 0 Å². The molecule has 0 unspecified atom stereocenters. The van der Waals surface area contributed by atoms with Crippen LogP contribution in [0.25, 0.3) is 0 Å². The Kier molecular flexibility index (Phi) is 3.15. The molecule has 1 saturated heterocycles. The molecule has 1 spiro atoms. The molecule has 3 heteroatoms. The van der Waals surface area contributed by atoms with Gasteiger partial charge in [0.1, 0.15) is 0 Å². The van der Waals surface area contributed by atoms with Gasteiger partial charge in [-0.05, 0) is 38.3 Å². The predicted octanol–water partition coefficient (Wildman–Crippen LogP) is 3.52. The molecule has 20 heavy (non-hydrogen) atoms. The summed E-state index contributed by atoms with van der Waals surface area (Å²) in [5, 5.41) is 0. The van der Waals surface area contributed by atoms with Crippen LogP contribution >= 0.6 is 0 Å². The van der Waals surface area contributed by atoms with Crippen molar-refractivity contribution in [2.75, 3.05) is 4.90 Å². The van der Waals surface area contributed by atoms with E-state index < -0.39 is 5.41 Å². The molecule has 1 aromatic rings. The first-order valence-corrected chi connectivity index (χ1v) is 7.48. The van der Waals surface area contributed by atoms with Crippen LogP contribution in [0.4, 0.5) is 5.69 Å². The minimum atomic E-state index is -0.396. The number of hydrogen-bond donors (Lipinski definition) is 0. The van der Waals surface area contributed by atoms with Gasteiger partial charge >= 0.3 is 0 Å². The van der Waals surface area contributed by atoms with E-state index in [1.807, 2.05) is 32.0 Å². The second-order valence-electron chi connectivity index (χ2n) is 6.34. The van der Waals surface area contributed by atoms with Gasteiger partial charge in [0.2, 0.25) is 11.8 Å². The first-order chi connectivity index (χ1) is 9.53. The van der Waals surface area contributed by atoms with Crippen molar-refractivity contribution in [3.8, 4) is 0 Å². The van der Waals surface area contributed by atoms with Crippen LogP contribution in [0.5, 0.6) is 0 Å². The van der Waals surface area contributed by atoms with Gasteiger partial charge in [0.15, 0.2) is 0 Å². The standard InChI is InChI=1S/C17H21NO2/c1-12-6-7-14(13(2)10-12)18-15(19)11-17(16(18)20)8-4-3-5-9-17/h6-7,10H,3-5,8-9,11H2,1-2H3. The van der Waals surface area contributed by atoms with Gasteiger partial charge in [-0.1, -0.05) is 37.0 Å². The van der Waals surface area contributed by atoms with Gasteiger partial charge in [-0.15, -0.1) is 0 Å². The average molecular weight is 271 g/mol. The van der Waals surface area contributed by atoms with Gasteiger partial charge in [-0.2, -0.15) is 0 Å². The Labute approximate surface area is 120 Å². The highest BCUT2D eigenvalue weighted by Crippen LogP contribution is 2.46. The fraction of sp³-hybridized carbons (Fsp3) is 0.529. The van der Waals surface area contributed by atoms with E-state index in [1.165, 1.54) is 11.3 Å². The number of aryl methyl sites for hydroxylation is 2. The van der Waals surface area contributed by atoms with Crippen LogP contribution in [-0.4, -0.2) is 11.8 Å². The Balaban J connectivity index is 1.98. The molecule has 106 valence electrons. The van der Waals surface area contributed by atoms with Crippen molar-refractivity contribution in [2.24, 2.45) is 5.41 Å². The molecular formula is C17H21NO2. The molecule has 2 amide bonds. The second-order valence-corrected chi connectivity index (χ2v) is 6.34. The second kappa shape index (κ2) is 4.72. The average Bonchev–Trinajstić information content (AvgIpc) is 2.63. The SMILES string of the molecule is Cc1ccc(N2C(=O)CC3(CCCCC3)C2=O)c(C)c1. The Bertz CT molecular complexity index is 570. The van der Waals surface area contributed by atoms with Crippen molar-refractivity contribution in [3.05, 3.63) is 29.3 Å². The molecule has 1 saturated carbocycles. The van der Waals surface area contributed by atoms with Crippen molar-refractivity contribution in [1.29, 1.82) is 0 Å². The van der Waals surface area contributed by atoms with Gasteiger partial charge in [0.25, 0.3) is 0 Å². The van der Waals surface area contributed by atoms with Crippen LogP contribution in [0, 0.1) is 19.3 Å². The van der Waals surface area contributed by atoms with E-state index in [4.69, 9.17) is 0 Å². The molecule has 1 heterocycles. The van der Waals surface area contributed by atoms with Gasteiger partial charge < -0.3 is 0 Å². The molecule has 1 aliphatic carbocycles. The van der Waals surface area contributed by atoms with Crippen LogP contribution in [0.1, 0.15) is 49.7 Å². The van der Waals surface area contributed by atoms with Crippen molar-refractivity contribution in [3.63, 3.8) is 0 Å². The summed E-state index contributed by atoms with van der Waals surface area (Å²) in [6.07, 6.45) is 5.48. The molecule has 1 aromatic carbocycles. The summed E-state index contributed by atoms with van der Waals surface area (Å²) in [6, 6.07) is 5.90. The third kappa shape index (κ3) is 1.96. The fourth-order valence-electron chi connectivity index (χ4n) is 3.71. The zero-order chi connectivity index (χ0) is 14.3. The summed E-state index contributed by atoms with van der Waals surface area (Å²) in [5.74, 6) is 0.0120. The number of rotatable bonds is 1. The maximum atomic E-state index is 12.8. The topological polar surface area (TPSA) is 37.4 Å². The largest absolute Gasteiger partial charge is 0.274 e. The van der Waals surface area contributed by atoms with Crippen molar-refractivity contribution < 1.29 is 9.59 Å². The van der Waals surface area contributed by atoms with Crippen LogP contribution in [-0.2, 0) is 9.59 Å². The van der Waals surface area contributed by atoms with E-state index in [9.17, 15) is 9.59 Å². The number of imide groups is 1. The van der Waals surface area contributed by atoms with E-state index in [1.54, 1.807) is 0 Å². The lowest BCUT2D eigenvalue weighted by molar-refractivity contribution is -0.127. The first kappa shape index (κ1) is 13.3. The Morgan fingerprint density at radius 1 is 1.05 bits per heavy atom. The van der Waals surface area contributed by atoms with Crippen molar-refractivity contribution in [1.82, 2.24) is 0 Å². The molecule has 1 aliphatic heterocycles. The van der Waals surface area contributed by atoms with E-state index in [-0.39, 0.29) is 11.8 Å². The molecule has 3 rings (SSSR count). The van der Waals surface area contributed by atoms with E-state index in [0.29, 0.717) is 6.42 Å². The zero-order valence-electron chi connectivity index (χ0n) is 12.2. The molecule has 0 bridgehead atoms. The smallest absolute Gasteiger partial charge is 0.240 e. The van der Waals surface area contributed by atoms with Crippen LogP contribution in [0.3, 0.4) is 0 Å². The van der Waals surface area contributed by atoms with Crippen LogP contribution < -0.4 is 4.90 Å². The number of carbonyl (C=O) groups excluding carboxylic acids is 2. The van der Waals surface area contributed by atoms with E-state index in [2.05, 4.69) is 0 Å². The number of amides is 2. The third-order valence-electron chi connectivity index (χ3n) is 4.80. The Morgan fingerprint density at radius 3 is 2.40 bits per heavy atom. The third-order valence-corrected chi connectivity index (χ3v) is 4.80. The highest BCUT2D eigenvalue weighted by atomic mass is 16.2. The minimum absolute atomic E-state index is 0.0242. The summed E-state index contributed by atoms with van der Waals surface area (Å²) in [4.78, 5) is 26.7. The number of benzene rings is 1. The summed E-state index contributed by atoms with van der Waals surface area (Å²) >= 11 is 0. The maximum Gasteiger partial charge on any atom is 0.240 e. The highest BCUT2D eigenvalue weighted by Gasteiger charge is 2.52. The van der Waals surface area contributed by atoms with Gasteiger partial charge in [-0.3, -0.25) is 9.59 Å². The lowest BCUT2D eigenvalue weighted by atomic mass is 9.73. The van der Waals surface area contributed by atoms with Gasteiger partial charge in [-0.25, -0.2) is 4.90 Å². The lowest BCUT2D eigenvalue weighted by Crippen LogP contribution is -2.37. The number of hydrogen-bond acceptors (Lipinski definition) is 2. The van der Waals surface area contributed by atoms with Crippen molar-refractivity contribution >= 4 is 17.5 Å². The quantitative estimate of drug-likeness (QED) is 0.733. The van der Waals surface area contributed by atoms with Crippen molar-refractivity contribution in [2.45, 2.75) is 52.4 Å². The molecule has 0 atom stereocenters. The zero-order valence-corrected chi connectivity index (χ0v) is 12.2. The predicted molar refractivity (Wildman–Crippen MR) is 78.5 cm³/mol. The highest BCUT2D eigenvalue weighted by molar-refractivity contribution is 6.22. The Hall–Kier alpha value is -1.64. The Morgan fingerprint density at radius 2 is 1.75 bits per heavy atom. The van der Waals surface area contributed by atoms with Gasteiger partial charge in [0, 0.05) is 6.42 Å². The molecule has 0 aromatic heterocycles. The lowest BCUT2D eigenvalue weighted by Gasteiger charge is -2.30. The van der Waals surface area contributed by atoms with E-state index >= 15 is 0 Å². The summed E-state index contributed by atoms with van der Waals surface area (Å²) in [7, 11) is 0. The maximum absolute atomic E-state index is 12.8. The van der Waals surface area contributed by atoms with E-state index in [0.717, 1.165) is 42.5 Å². The molecule has 3 nitrogen and oxygen atoms in total. The van der Waals surface area contributed by atoms with Crippen LogP contribution in [0.15, 0.2) is 18.2 Å². The number of anilines is 1.